The molecule has 0 saturated carbocycles. The van der Waals surface area contributed by atoms with Gasteiger partial charge in [-0.2, -0.15) is 0 Å². The molecule has 0 aliphatic rings. The molecule has 2 heteroatoms. The van der Waals surface area contributed by atoms with Crippen LogP contribution in [0.3, 0.4) is 0 Å². The first kappa shape index (κ1) is 13.5. The minimum absolute atomic E-state index is 0.438. The van der Waals surface area contributed by atoms with Gasteiger partial charge in [-0.05, 0) is 25.8 Å². The SMILES string of the molecule is C=C(NCCC)[C@H](CC)NCCCC. The molecule has 0 saturated heterocycles. The van der Waals surface area contributed by atoms with Crippen LogP contribution in [0.25, 0.3) is 0 Å². The summed E-state index contributed by atoms with van der Waals surface area (Å²) in [5.41, 5.74) is 1.14. The van der Waals surface area contributed by atoms with E-state index in [0.717, 1.165) is 31.6 Å². The van der Waals surface area contributed by atoms with Crippen LogP contribution in [-0.2, 0) is 0 Å². The summed E-state index contributed by atoms with van der Waals surface area (Å²) in [5, 5.41) is 6.87. The van der Waals surface area contributed by atoms with Crippen LogP contribution in [-0.4, -0.2) is 19.1 Å². The van der Waals surface area contributed by atoms with Crippen LogP contribution in [0.4, 0.5) is 0 Å². The van der Waals surface area contributed by atoms with Crippen molar-refractivity contribution in [3.05, 3.63) is 12.3 Å². The van der Waals surface area contributed by atoms with Crippen molar-refractivity contribution in [1.29, 1.82) is 0 Å². The highest BCUT2D eigenvalue weighted by Gasteiger charge is 2.07. The van der Waals surface area contributed by atoms with Gasteiger partial charge in [-0.25, -0.2) is 0 Å². The summed E-state index contributed by atoms with van der Waals surface area (Å²) in [7, 11) is 0. The molecule has 0 fully saturated rings. The fourth-order valence-corrected chi connectivity index (χ4v) is 1.38. The molecule has 0 spiro atoms. The molecular formula is C12H26N2. The van der Waals surface area contributed by atoms with Crippen molar-refractivity contribution in [2.45, 2.75) is 52.5 Å². The number of hydrogen-bond acceptors (Lipinski definition) is 2. The molecule has 0 aromatic carbocycles. The van der Waals surface area contributed by atoms with Gasteiger partial charge in [0, 0.05) is 18.3 Å². The summed E-state index contributed by atoms with van der Waals surface area (Å²) in [6, 6.07) is 0.438. The van der Waals surface area contributed by atoms with Crippen LogP contribution in [0.15, 0.2) is 12.3 Å². The average molecular weight is 198 g/mol. The van der Waals surface area contributed by atoms with Crippen LogP contribution in [0.2, 0.25) is 0 Å². The molecule has 1 atom stereocenters. The van der Waals surface area contributed by atoms with Crippen molar-refractivity contribution in [2.24, 2.45) is 0 Å². The Hall–Kier alpha value is -0.500. The van der Waals surface area contributed by atoms with E-state index in [9.17, 15) is 0 Å². The lowest BCUT2D eigenvalue weighted by Crippen LogP contribution is -2.36. The van der Waals surface area contributed by atoms with E-state index < -0.39 is 0 Å². The van der Waals surface area contributed by atoms with Crippen LogP contribution in [0.1, 0.15) is 46.5 Å². The van der Waals surface area contributed by atoms with E-state index in [1.165, 1.54) is 12.8 Å². The van der Waals surface area contributed by atoms with Gasteiger partial charge in [-0.1, -0.05) is 33.8 Å². The zero-order valence-corrected chi connectivity index (χ0v) is 10.0. The van der Waals surface area contributed by atoms with Crippen LogP contribution in [0.5, 0.6) is 0 Å². The smallest absolute Gasteiger partial charge is 0.0460 e. The Bertz CT molecular complexity index is 143. The highest BCUT2D eigenvalue weighted by Crippen LogP contribution is 2.01. The Morgan fingerprint density at radius 3 is 2.36 bits per heavy atom. The van der Waals surface area contributed by atoms with Gasteiger partial charge >= 0.3 is 0 Å². The predicted molar refractivity (Wildman–Crippen MR) is 64.4 cm³/mol. The topological polar surface area (TPSA) is 24.1 Å². The Morgan fingerprint density at radius 2 is 1.86 bits per heavy atom. The third-order valence-electron chi connectivity index (χ3n) is 2.35. The van der Waals surface area contributed by atoms with Gasteiger partial charge in [0.1, 0.15) is 0 Å². The summed E-state index contributed by atoms with van der Waals surface area (Å²) in [6.45, 7) is 12.8. The fraction of sp³-hybridized carbons (Fsp3) is 0.833. The standard InChI is InChI=1S/C12H26N2/c1-5-8-10-14-12(7-3)11(4)13-9-6-2/h12-14H,4-10H2,1-3H3/t12-/m0/s1. The van der Waals surface area contributed by atoms with E-state index in [0.29, 0.717) is 6.04 Å². The molecular weight excluding hydrogens is 172 g/mol. The maximum absolute atomic E-state index is 4.07. The van der Waals surface area contributed by atoms with Gasteiger partial charge in [0.25, 0.3) is 0 Å². The summed E-state index contributed by atoms with van der Waals surface area (Å²) in [6.07, 6.45) is 4.76. The second kappa shape index (κ2) is 9.07. The lowest BCUT2D eigenvalue weighted by Gasteiger charge is -2.20. The fourth-order valence-electron chi connectivity index (χ4n) is 1.38. The molecule has 14 heavy (non-hydrogen) atoms. The Morgan fingerprint density at radius 1 is 1.14 bits per heavy atom. The molecule has 2 nitrogen and oxygen atoms in total. The first-order valence-corrected chi connectivity index (χ1v) is 5.92. The first-order chi connectivity index (χ1) is 6.76. The molecule has 0 aromatic rings. The molecule has 0 aliphatic heterocycles. The van der Waals surface area contributed by atoms with Gasteiger partial charge < -0.3 is 10.6 Å². The average Bonchev–Trinajstić information content (AvgIpc) is 2.21. The Kier molecular flexibility index (Phi) is 8.75. The van der Waals surface area contributed by atoms with E-state index in [4.69, 9.17) is 0 Å². The minimum Gasteiger partial charge on any atom is -0.388 e. The first-order valence-electron chi connectivity index (χ1n) is 5.92. The highest BCUT2D eigenvalue weighted by molar-refractivity contribution is 5.02. The number of rotatable bonds is 9. The van der Waals surface area contributed by atoms with Crippen LogP contribution in [0, 0.1) is 0 Å². The van der Waals surface area contributed by atoms with Gasteiger partial charge in [0.15, 0.2) is 0 Å². The lowest BCUT2D eigenvalue weighted by molar-refractivity contribution is 0.512. The summed E-state index contributed by atoms with van der Waals surface area (Å²) >= 11 is 0. The molecule has 2 N–H and O–H groups in total. The van der Waals surface area contributed by atoms with Crippen LogP contribution < -0.4 is 10.6 Å². The molecule has 0 bridgehead atoms. The van der Waals surface area contributed by atoms with Crippen molar-refractivity contribution in [2.75, 3.05) is 13.1 Å². The Balaban J connectivity index is 3.69. The van der Waals surface area contributed by atoms with Crippen molar-refractivity contribution in [3.63, 3.8) is 0 Å². The van der Waals surface area contributed by atoms with Crippen molar-refractivity contribution in [1.82, 2.24) is 10.6 Å². The molecule has 0 heterocycles. The molecule has 84 valence electrons. The maximum Gasteiger partial charge on any atom is 0.0460 e. The number of hydrogen-bond donors (Lipinski definition) is 2. The van der Waals surface area contributed by atoms with E-state index in [-0.39, 0.29) is 0 Å². The largest absolute Gasteiger partial charge is 0.388 e. The van der Waals surface area contributed by atoms with E-state index >= 15 is 0 Å². The van der Waals surface area contributed by atoms with E-state index in [1.807, 2.05) is 0 Å². The zero-order chi connectivity index (χ0) is 10.8. The summed E-state index contributed by atoms with van der Waals surface area (Å²) in [4.78, 5) is 0. The van der Waals surface area contributed by atoms with Crippen molar-refractivity contribution >= 4 is 0 Å². The Labute approximate surface area is 89.2 Å². The molecule has 0 aliphatic carbocycles. The lowest BCUT2D eigenvalue weighted by atomic mass is 10.1. The molecule has 0 unspecified atom stereocenters. The molecule has 0 rings (SSSR count). The summed E-state index contributed by atoms with van der Waals surface area (Å²) < 4.78 is 0. The quantitative estimate of drug-likeness (QED) is 0.557. The third kappa shape index (κ3) is 6.03. The minimum atomic E-state index is 0.438. The molecule has 0 aromatic heterocycles. The van der Waals surface area contributed by atoms with Gasteiger partial charge in [0.05, 0.1) is 0 Å². The van der Waals surface area contributed by atoms with E-state index in [1.54, 1.807) is 0 Å². The highest BCUT2D eigenvalue weighted by atomic mass is 15.0. The number of nitrogens with one attached hydrogen (secondary N) is 2. The van der Waals surface area contributed by atoms with Gasteiger partial charge in [-0.3, -0.25) is 0 Å². The monoisotopic (exact) mass is 198 g/mol. The van der Waals surface area contributed by atoms with Crippen LogP contribution >= 0.6 is 0 Å². The number of unbranched alkanes of at least 4 members (excludes halogenated alkanes) is 1. The molecule has 0 amide bonds. The predicted octanol–water partition coefficient (Wildman–Crippen LogP) is 2.67. The molecule has 0 radical (unpaired) electrons. The summed E-state index contributed by atoms with van der Waals surface area (Å²) in [5.74, 6) is 0. The second-order valence-corrected chi connectivity index (χ2v) is 3.72. The zero-order valence-electron chi connectivity index (χ0n) is 10.0. The maximum atomic E-state index is 4.07. The van der Waals surface area contributed by atoms with Crippen molar-refractivity contribution in [3.8, 4) is 0 Å². The van der Waals surface area contributed by atoms with Gasteiger partial charge in [-0.15, -0.1) is 0 Å². The van der Waals surface area contributed by atoms with E-state index in [2.05, 4.69) is 38.0 Å². The van der Waals surface area contributed by atoms with Crippen molar-refractivity contribution < 1.29 is 0 Å². The second-order valence-electron chi connectivity index (χ2n) is 3.72. The third-order valence-corrected chi connectivity index (χ3v) is 2.35. The van der Waals surface area contributed by atoms with Gasteiger partial charge in [0.2, 0.25) is 0 Å². The normalized spacial score (nSPS) is 12.5.